The van der Waals surface area contributed by atoms with Gasteiger partial charge in [0.15, 0.2) is 5.96 Å². The van der Waals surface area contributed by atoms with Crippen LogP contribution in [0.3, 0.4) is 0 Å². The quantitative estimate of drug-likeness (QED) is 0.661. The molecule has 2 aromatic rings. The number of carbonyl (C=O) groups is 1. The van der Waals surface area contributed by atoms with Crippen LogP contribution in [0.5, 0.6) is 11.5 Å². The van der Waals surface area contributed by atoms with Gasteiger partial charge in [-0.3, -0.25) is 4.79 Å². The molecule has 1 amide bonds. The summed E-state index contributed by atoms with van der Waals surface area (Å²) in [6, 6.07) is 12.8. The van der Waals surface area contributed by atoms with Crippen molar-refractivity contribution in [1.82, 2.24) is 0 Å². The predicted octanol–water partition coefficient (Wildman–Crippen LogP) is 2.32. The summed E-state index contributed by atoms with van der Waals surface area (Å²) in [5.41, 5.74) is 13.6. The van der Waals surface area contributed by atoms with Crippen molar-refractivity contribution in [2.45, 2.75) is 13.0 Å². The summed E-state index contributed by atoms with van der Waals surface area (Å²) in [6.07, 6.45) is 1.89. The molecule has 4 N–H and O–H groups in total. The first-order valence-corrected chi connectivity index (χ1v) is 7.80. The number of carbonyl (C=O) groups excluding carboxylic acids is 1. The molecule has 1 atom stereocenters. The van der Waals surface area contributed by atoms with E-state index in [1.807, 2.05) is 37.3 Å². The number of aliphatic imine (C=N–C) groups is 1. The minimum Gasteiger partial charge on any atom is -0.496 e. The number of hydrogen-bond acceptors (Lipinski definition) is 3. The SMILES string of the molecule is COc1ccccc1C1=CC(C)Oc2ccc(C(=O)N=C(N)N)cc21. The van der Waals surface area contributed by atoms with E-state index in [-0.39, 0.29) is 12.1 Å². The van der Waals surface area contributed by atoms with E-state index in [1.165, 1.54) is 0 Å². The second-order valence-corrected chi connectivity index (χ2v) is 5.66. The minimum atomic E-state index is -0.499. The van der Waals surface area contributed by atoms with Gasteiger partial charge in [-0.2, -0.15) is 4.99 Å². The fourth-order valence-electron chi connectivity index (χ4n) is 2.82. The fraction of sp³-hybridized carbons (Fsp3) is 0.158. The van der Waals surface area contributed by atoms with Crippen molar-refractivity contribution in [3.8, 4) is 11.5 Å². The molecular weight excluding hydrogens is 318 g/mol. The lowest BCUT2D eigenvalue weighted by molar-refractivity contribution is 0.100. The molecule has 1 unspecified atom stereocenters. The van der Waals surface area contributed by atoms with Gasteiger partial charge in [0.2, 0.25) is 0 Å². The molecule has 25 heavy (non-hydrogen) atoms. The Labute approximate surface area is 145 Å². The average Bonchev–Trinajstić information content (AvgIpc) is 2.60. The van der Waals surface area contributed by atoms with E-state index < -0.39 is 5.91 Å². The second kappa shape index (κ2) is 6.68. The number of rotatable bonds is 3. The van der Waals surface area contributed by atoms with Crippen LogP contribution in [0.25, 0.3) is 5.57 Å². The monoisotopic (exact) mass is 337 g/mol. The molecule has 1 heterocycles. The van der Waals surface area contributed by atoms with Crippen molar-refractivity contribution in [2.75, 3.05) is 7.11 Å². The Morgan fingerprint density at radius 2 is 1.92 bits per heavy atom. The van der Waals surface area contributed by atoms with Gasteiger partial charge in [-0.15, -0.1) is 0 Å². The van der Waals surface area contributed by atoms with E-state index in [0.29, 0.717) is 11.3 Å². The van der Waals surface area contributed by atoms with Gasteiger partial charge < -0.3 is 20.9 Å². The Bertz CT molecular complexity index is 883. The molecule has 0 aromatic heterocycles. The summed E-state index contributed by atoms with van der Waals surface area (Å²) in [4.78, 5) is 15.7. The van der Waals surface area contributed by atoms with Crippen LogP contribution >= 0.6 is 0 Å². The Kier molecular flexibility index (Phi) is 4.43. The van der Waals surface area contributed by atoms with Crippen LogP contribution in [-0.2, 0) is 0 Å². The van der Waals surface area contributed by atoms with Crippen molar-refractivity contribution in [3.63, 3.8) is 0 Å². The second-order valence-electron chi connectivity index (χ2n) is 5.66. The summed E-state index contributed by atoms with van der Waals surface area (Å²) in [5, 5.41) is 0. The molecular formula is C19H19N3O3. The molecule has 2 aromatic carbocycles. The average molecular weight is 337 g/mol. The Morgan fingerprint density at radius 3 is 2.64 bits per heavy atom. The first-order valence-electron chi connectivity index (χ1n) is 7.80. The lowest BCUT2D eigenvalue weighted by Crippen LogP contribution is -2.24. The zero-order valence-corrected chi connectivity index (χ0v) is 14.0. The number of guanidine groups is 1. The molecule has 0 spiro atoms. The van der Waals surface area contributed by atoms with Crippen molar-refractivity contribution < 1.29 is 14.3 Å². The van der Waals surface area contributed by atoms with Gasteiger partial charge in [-0.05, 0) is 42.8 Å². The number of benzene rings is 2. The Morgan fingerprint density at radius 1 is 1.16 bits per heavy atom. The predicted molar refractivity (Wildman–Crippen MR) is 96.7 cm³/mol. The minimum absolute atomic E-state index is 0.105. The Balaban J connectivity index is 2.14. The highest BCUT2D eigenvalue weighted by Gasteiger charge is 2.22. The molecule has 1 aliphatic heterocycles. The summed E-state index contributed by atoms with van der Waals surface area (Å²) in [6.45, 7) is 1.96. The van der Waals surface area contributed by atoms with E-state index in [0.717, 1.165) is 22.4 Å². The number of para-hydroxylation sites is 1. The largest absolute Gasteiger partial charge is 0.496 e. The van der Waals surface area contributed by atoms with E-state index in [9.17, 15) is 4.79 Å². The topological polar surface area (TPSA) is 99.9 Å². The first-order chi connectivity index (χ1) is 12.0. The van der Waals surface area contributed by atoms with E-state index in [4.69, 9.17) is 20.9 Å². The zero-order valence-electron chi connectivity index (χ0n) is 14.0. The van der Waals surface area contributed by atoms with Gasteiger partial charge in [0.1, 0.15) is 17.6 Å². The molecule has 0 saturated heterocycles. The third-order valence-electron chi connectivity index (χ3n) is 3.86. The van der Waals surface area contributed by atoms with Crippen molar-refractivity contribution in [3.05, 3.63) is 65.2 Å². The van der Waals surface area contributed by atoms with Crippen LogP contribution < -0.4 is 20.9 Å². The van der Waals surface area contributed by atoms with Gasteiger partial charge in [0, 0.05) is 16.7 Å². The third-order valence-corrected chi connectivity index (χ3v) is 3.86. The van der Waals surface area contributed by atoms with Gasteiger partial charge in [0.05, 0.1) is 7.11 Å². The van der Waals surface area contributed by atoms with Crippen molar-refractivity contribution in [1.29, 1.82) is 0 Å². The number of ether oxygens (including phenoxy) is 2. The summed E-state index contributed by atoms with van der Waals surface area (Å²) < 4.78 is 11.3. The molecule has 128 valence electrons. The van der Waals surface area contributed by atoms with E-state index >= 15 is 0 Å². The van der Waals surface area contributed by atoms with Crippen LogP contribution in [0.1, 0.15) is 28.4 Å². The number of methoxy groups -OCH3 is 1. The van der Waals surface area contributed by atoms with Crippen LogP contribution in [0.4, 0.5) is 0 Å². The first kappa shape index (κ1) is 16.6. The molecule has 1 aliphatic rings. The number of amides is 1. The molecule has 0 radical (unpaired) electrons. The summed E-state index contributed by atoms with van der Waals surface area (Å²) >= 11 is 0. The van der Waals surface area contributed by atoms with E-state index in [1.54, 1.807) is 25.3 Å². The van der Waals surface area contributed by atoms with Crippen LogP contribution in [0, 0.1) is 0 Å². The van der Waals surface area contributed by atoms with Crippen molar-refractivity contribution >= 4 is 17.4 Å². The van der Waals surface area contributed by atoms with Crippen LogP contribution in [0.2, 0.25) is 0 Å². The highest BCUT2D eigenvalue weighted by Crippen LogP contribution is 2.39. The maximum Gasteiger partial charge on any atom is 0.280 e. The van der Waals surface area contributed by atoms with Gasteiger partial charge >= 0.3 is 0 Å². The standard InChI is InChI=1S/C19H19N3O3/c1-11-9-14(13-5-3-4-6-16(13)24-2)15-10-12(7-8-17(15)25-11)18(23)22-19(20)21/h3-11H,1-2H3,(H4,20,21,22,23). The Hall–Kier alpha value is -3.28. The third kappa shape index (κ3) is 3.33. The summed E-state index contributed by atoms with van der Waals surface area (Å²) in [5.74, 6) is 0.667. The molecule has 3 rings (SSSR count). The lowest BCUT2D eigenvalue weighted by Gasteiger charge is -2.24. The fourth-order valence-corrected chi connectivity index (χ4v) is 2.82. The van der Waals surface area contributed by atoms with E-state index in [2.05, 4.69) is 4.99 Å². The maximum atomic E-state index is 12.1. The summed E-state index contributed by atoms with van der Waals surface area (Å²) in [7, 11) is 1.63. The number of nitrogens with two attached hydrogens (primary N) is 2. The van der Waals surface area contributed by atoms with Crippen LogP contribution in [-0.4, -0.2) is 25.1 Å². The van der Waals surface area contributed by atoms with Crippen molar-refractivity contribution in [2.24, 2.45) is 16.5 Å². The number of hydrogen-bond donors (Lipinski definition) is 2. The molecule has 0 bridgehead atoms. The maximum absolute atomic E-state index is 12.1. The smallest absolute Gasteiger partial charge is 0.280 e. The van der Waals surface area contributed by atoms with Gasteiger partial charge in [0.25, 0.3) is 5.91 Å². The van der Waals surface area contributed by atoms with Crippen LogP contribution in [0.15, 0.2) is 53.5 Å². The molecule has 0 fully saturated rings. The number of fused-ring (bicyclic) bond motifs is 1. The highest BCUT2D eigenvalue weighted by atomic mass is 16.5. The molecule has 6 nitrogen and oxygen atoms in total. The normalized spacial score (nSPS) is 15.4. The number of nitrogens with zero attached hydrogens (tertiary/aromatic N) is 1. The zero-order chi connectivity index (χ0) is 18.0. The lowest BCUT2D eigenvalue weighted by atomic mass is 9.92. The highest BCUT2D eigenvalue weighted by molar-refractivity contribution is 6.03. The molecule has 0 saturated carbocycles. The van der Waals surface area contributed by atoms with Gasteiger partial charge in [-0.1, -0.05) is 18.2 Å². The molecule has 0 aliphatic carbocycles. The van der Waals surface area contributed by atoms with Gasteiger partial charge in [-0.25, -0.2) is 0 Å². The molecule has 6 heteroatoms.